The molecule has 4 heterocycles. The first-order valence-electron chi connectivity index (χ1n) is 12.9. The molecule has 8 heteroatoms. The molecule has 1 N–H and O–H groups in total. The van der Waals surface area contributed by atoms with Crippen molar-refractivity contribution in [3.63, 3.8) is 0 Å². The van der Waals surface area contributed by atoms with Crippen LogP contribution in [0.15, 0.2) is 48.7 Å². The second-order valence-electron chi connectivity index (χ2n) is 9.79. The molecule has 0 aliphatic carbocycles. The first-order chi connectivity index (χ1) is 18.1. The van der Waals surface area contributed by atoms with Gasteiger partial charge in [0, 0.05) is 61.4 Å². The number of aryl methyl sites for hydroxylation is 1. The number of nitrogens with one attached hydrogen (secondary N) is 1. The zero-order valence-corrected chi connectivity index (χ0v) is 21.0. The van der Waals surface area contributed by atoms with Crippen molar-refractivity contribution in [3.05, 3.63) is 82.2 Å². The Kier molecular flexibility index (Phi) is 6.16. The maximum Gasteiger partial charge on any atom is 0.254 e. The third-order valence-corrected chi connectivity index (χ3v) is 7.53. The highest BCUT2D eigenvalue weighted by Gasteiger charge is 2.25. The minimum atomic E-state index is -0.180. The van der Waals surface area contributed by atoms with Crippen LogP contribution < -0.4 is 19.7 Å². The molecule has 0 unspecified atom stereocenters. The van der Waals surface area contributed by atoms with Gasteiger partial charge in [-0.25, -0.2) is 0 Å². The van der Waals surface area contributed by atoms with E-state index in [4.69, 9.17) is 9.47 Å². The van der Waals surface area contributed by atoms with E-state index in [9.17, 15) is 9.59 Å². The Balaban J connectivity index is 1.13. The Morgan fingerprint density at radius 2 is 1.73 bits per heavy atom. The lowest BCUT2D eigenvalue weighted by Gasteiger charge is -2.31. The van der Waals surface area contributed by atoms with Crippen LogP contribution >= 0.6 is 0 Å². The number of aromatic nitrogens is 1. The van der Waals surface area contributed by atoms with Crippen molar-refractivity contribution in [3.8, 4) is 11.5 Å². The van der Waals surface area contributed by atoms with Crippen LogP contribution in [0.2, 0.25) is 0 Å². The van der Waals surface area contributed by atoms with Gasteiger partial charge < -0.3 is 24.6 Å². The Morgan fingerprint density at radius 1 is 0.973 bits per heavy atom. The summed E-state index contributed by atoms with van der Waals surface area (Å²) in [5, 5.41) is 3.03. The monoisotopic (exact) mass is 498 g/mol. The molecule has 1 saturated heterocycles. The highest BCUT2D eigenvalue weighted by atomic mass is 16.7. The lowest BCUT2D eigenvalue weighted by atomic mass is 9.94. The molecule has 1 fully saturated rings. The van der Waals surface area contributed by atoms with Gasteiger partial charge in [-0.15, -0.1) is 0 Å². The highest BCUT2D eigenvalue weighted by Crippen LogP contribution is 2.32. The third-order valence-electron chi connectivity index (χ3n) is 7.53. The van der Waals surface area contributed by atoms with E-state index in [1.54, 1.807) is 18.2 Å². The van der Waals surface area contributed by atoms with E-state index in [1.807, 2.05) is 30.2 Å². The molecular formula is C29H30N4O4. The van der Waals surface area contributed by atoms with Gasteiger partial charge in [0.15, 0.2) is 11.5 Å². The van der Waals surface area contributed by atoms with Crippen molar-refractivity contribution in [2.75, 3.05) is 31.3 Å². The Labute approximate surface area is 216 Å². The van der Waals surface area contributed by atoms with Crippen LogP contribution in [0.3, 0.4) is 0 Å². The van der Waals surface area contributed by atoms with Crippen molar-refractivity contribution < 1.29 is 19.1 Å². The summed E-state index contributed by atoms with van der Waals surface area (Å²) in [6.45, 7) is 5.82. The van der Waals surface area contributed by atoms with E-state index in [2.05, 4.69) is 27.3 Å². The quantitative estimate of drug-likeness (QED) is 0.575. The van der Waals surface area contributed by atoms with Crippen molar-refractivity contribution >= 4 is 17.5 Å². The molecule has 0 bridgehead atoms. The van der Waals surface area contributed by atoms with Crippen LogP contribution in [0, 0.1) is 6.92 Å². The number of nitrogens with zero attached hydrogens (tertiary/aromatic N) is 3. The summed E-state index contributed by atoms with van der Waals surface area (Å²) in [6, 6.07) is 13.2. The molecule has 37 heavy (non-hydrogen) atoms. The van der Waals surface area contributed by atoms with Gasteiger partial charge in [0.2, 0.25) is 6.79 Å². The molecule has 0 saturated carbocycles. The molecule has 2 aromatic carbocycles. The van der Waals surface area contributed by atoms with Crippen LogP contribution in [0.5, 0.6) is 11.5 Å². The van der Waals surface area contributed by atoms with E-state index in [1.165, 1.54) is 24.1 Å². The van der Waals surface area contributed by atoms with E-state index in [0.29, 0.717) is 42.3 Å². The SMILES string of the molecule is Cc1ncc2c(c1CNC(=O)c1ccc3c(c1)OCO3)CCN(C(=O)c1ccc(N3CCCC3)cc1)C2. The Morgan fingerprint density at radius 3 is 2.54 bits per heavy atom. The summed E-state index contributed by atoms with van der Waals surface area (Å²) in [4.78, 5) is 34.9. The maximum absolute atomic E-state index is 13.3. The normalized spacial score (nSPS) is 16.0. The summed E-state index contributed by atoms with van der Waals surface area (Å²) in [7, 11) is 0. The van der Waals surface area contributed by atoms with Gasteiger partial charge in [-0.05, 0) is 85.3 Å². The number of hydrogen-bond acceptors (Lipinski definition) is 6. The Bertz CT molecular complexity index is 1350. The molecule has 1 aromatic heterocycles. The molecular weight excluding hydrogens is 468 g/mol. The van der Waals surface area contributed by atoms with Crippen LogP contribution in [0.25, 0.3) is 0 Å². The third kappa shape index (κ3) is 4.59. The molecule has 0 radical (unpaired) electrons. The Hall–Kier alpha value is -4.07. The topological polar surface area (TPSA) is 84.0 Å². The molecule has 3 aliphatic rings. The van der Waals surface area contributed by atoms with Gasteiger partial charge >= 0.3 is 0 Å². The number of amides is 2. The van der Waals surface area contributed by atoms with Crippen LogP contribution in [0.4, 0.5) is 5.69 Å². The number of benzene rings is 2. The highest BCUT2D eigenvalue weighted by molar-refractivity contribution is 5.95. The van der Waals surface area contributed by atoms with Gasteiger partial charge in [0.25, 0.3) is 11.8 Å². The fraction of sp³-hybridized carbons (Fsp3) is 0.345. The largest absolute Gasteiger partial charge is 0.454 e. The van der Waals surface area contributed by atoms with Gasteiger partial charge in [0.05, 0.1) is 0 Å². The van der Waals surface area contributed by atoms with Crippen LogP contribution in [-0.2, 0) is 19.5 Å². The molecule has 6 rings (SSSR count). The van der Waals surface area contributed by atoms with Gasteiger partial charge in [-0.3, -0.25) is 14.6 Å². The molecule has 190 valence electrons. The summed E-state index contributed by atoms with van der Waals surface area (Å²) >= 11 is 0. The predicted octanol–water partition coefficient (Wildman–Crippen LogP) is 3.85. The number of hydrogen-bond donors (Lipinski definition) is 1. The first kappa shape index (κ1) is 23.3. The minimum Gasteiger partial charge on any atom is -0.454 e. The fourth-order valence-corrected chi connectivity index (χ4v) is 5.41. The summed E-state index contributed by atoms with van der Waals surface area (Å²) in [6.07, 6.45) is 5.05. The van der Waals surface area contributed by atoms with Gasteiger partial charge in [-0.1, -0.05) is 0 Å². The molecule has 2 amide bonds. The van der Waals surface area contributed by atoms with Crippen molar-refractivity contribution in [1.82, 2.24) is 15.2 Å². The average Bonchev–Trinajstić information content (AvgIpc) is 3.64. The fourth-order valence-electron chi connectivity index (χ4n) is 5.41. The number of ether oxygens (including phenoxy) is 2. The molecule has 3 aliphatic heterocycles. The number of carbonyl (C=O) groups excluding carboxylic acids is 2. The molecule has 3 aromatic rings. The van der Waals surface area contributed by atoms with Gasteiger partial charge in [0.1, 0.15) is 0 Å². The smallest absolute Gasteiger partial charge is 0.254 e. The van der Waals surface area contributed by atoms with Crippen molar-refractivity contribution in [2.24, 2.45) is 0 Å². The second-order valence-corrected chi connectivity index (χ2v) is 9.79. The zero-order valence-electron chi connectivity index (χ0n) is 21.0. The lowest BCUT2D eigenvalue weighted by molar-refractivity contribution is 0.0734. The zero-order chi connectivity index (χ0) is 25.4. The predicted molar refractivity (Wildman–Crippen MR) is 139 cm³/mol. The van der Waals surface area contributed by atoms with E-state index >= 15 is 0 Å². The van der Waals surface area contributed by atoms with Crippen LogP contribution in [-0.4, -0.2) is 48.1 Å². The molecule has 8 nitrogen and oxygen atoms in total. The number of anilines is 1. The maximum atomic E-state index is 13.3. The van der Waals surface area contributed by atoms with Crippen molar-refractivity contribution in [2.45, 2.75) is 39.3 Å². The van der Waals surface area contributed by atoms with Crippen molar-refractivity contribution in [1.29, 1.82) is 0 Å². The van der Waals surface area contributed by atoms with E-state index in [0.717, 1.165) is 36.3 Å². The lowest BCUT2D eigenvalue weighted by Crippen LogP contribution is -2.37. The molecule has 0 spiro atoms. The summed E-state index contributed by atoms with van der Waals surface area (Å²) < 4.78 is 10.7. The number of pyridine rings is 1. The average molecular weight is 499 g/mol. The number of carbonyl (C=O) groups is 2. The molecule has 0 atom stereocenters. The van der Waals surface area contributed by atoms with Gasteiger partial charge in [-0.2, -0.15) is 0 Å². The number of rotatable bonds is 5. The van der Waals surface area contributed by atoms with Crippen LogP contribution in [0.1, 0.15) is 55.9 Å². The minimum absolute atomic E-state index is 0.0388. The summed E-state index contributed by atoms with van der Waals surface area (Å²) in [5.74, 6) is 1.09. The standard InChI is InChI=1S/C29H30N4O4/c1-19-25(16-31-28(34)21-6-9-26-27(14-21)37-18-36-26)24-10-13-33(17-22(24)15-30-19)29(35)20-4-7-23(8-5-20)32-11-2-3-12-32/h4-9,14-15H,2-3,10-13,16-18H2,1H3,(H,31,34). The first-order valence-corrected chi connectivity index (χ1v) is 12.9. The second kappa shape index (κ2) is 9.76. The summed E-state index contributed by atoms with van der Waals surface area (Å²) in [5.41, 5.74) is 6.54. The van der Waals surface area contributed by atoms with E-state index < -0.39 is 0 Å². The van der Waals surface area contributed by atoms with E-state index in [-0.39, 0.29) is 18.6 Å². The number of fused-ring (bicyclic) bond motifs is 2.